The number of rotatable bonds is 3. The van der Waals surface area contributed by atoms with Crippen LogP contribution in [0.3, 0.4) is 0 Å². The molecular weight excluding hydrogens is 320 g/mol. The van der Waals surface area contributed by atoms with Gasteiger partial charge in [0.25, 0.3) is 0 Å². The fraction of sp³-hybridized carbons (Fsp3) is 0.611. The highest BCUT2D eigenvalue weighted by Crippen LogP contribution is 2.21. The highest BCUT2D eigenvalue weighted by Gasteiger charge is 2.33. The highest BCUT2D eigenvalue weighted by atomic mass is 16.6. The summed E-state index contributed by atoms with van der Waals surface area (Å²) in [6.07, 6.45) is 4.98. The van der Waals surface area contributed by atoms with Gasteiger partial charge in [-0.15, -0.1) is 0 Å². The largest absolute Gasteiger partial charge is 0.450 e. The second-order valence-corrected chi connectivity index (χ2v) is 6.50. The minimum Gasteiger partial charge on any atom is -0.450 e. The molecule has 25 heavy (non-hydrogen) atoms. The number of piperazine rings is 1. The van der Waals surface area contributed by atoms with Crippen LogP contribution in [-0.4, -0.2) is 72.7 Å². The Balaban J connectivity index is 1.53. The maximum Gasteiger partial charge on any atom is 0.409 e. The van der Waals surface area contributed by atoms with E-state index in [4.69, 9.17) is 4.74 Å². The number of aromatic nitrogens is 1. The number of pyridine rings is 1. The van der Waals surface area contributed by atoms with Crippen molar-refractivity contribution in [2.45, 2.75) is 19.8 Å². The molecule has 1 unspecified atom stereocenters. The predicted octanol–water partition coefficient (Wildman–Crippen LogP) is 1.60. The maximum atomic E-state index is 12.8. The lowest BCUT2D eigenvalue weighted by molar-refractivity contribution is -0.137. The predicted molar refractivity (Wildman–Crippen MR) is 94.3 cm³/mol. The Bertz CT molecular complexity index is 587. The quantitative estimate of drug-likeness (QED) is 0.832. The average Bonchev–Trinajstić information content (AvgIpc) is 2.68. The molecule has 0 bridgehead atoms. The van der Waals surface area contributed by atoms with Crippen molar-refractivity contribution in [3.05, 3.63) is 24.5 Å². The van der Waals surface area contributed by atoms with Crippen molar-refractivity contribution < 1.29 is 14.3 Å². The van der Waals surface area contributed by atoms with Crippen molar-refractivity contribution in [3.8, 4) is 0 Å². The first-order valence-electron chi connectivity index (χ1n) is 9.04. The van der Waals surface area contributed by atoms with Crippen LogP contribution in [0.1, 0.15) is 19.8 Å². The standard InChI is InChI=1S/C18H26N4O3/c1-2-25-18(24)22-9-3-4-15(14-22)17(23)21-12-10-20(11-13-21)16-5-7-19-8-6-16/h5-8,15H,2-4,9-14H2,1H3. The van der Waals surface area contributed by atoms with Gasteiger partial charge in [-0.1, -0.05) is 0 Å². The molecule has 2 aliphatic rings. The van der Waals surface area contributed by atoms with E-state index in [-0.39, 0.29) is 17.9 Å². The molecule has 3 heterocycles. The van der Waals surface area contributed by atoms with Gasteiger partial charge >= 0.3 is 6.09 Å². The lowest BCUT2D eigenvalue weighted by Gasteiger charge is -2.39. The molecule has 0 N–H and O–H groups in total. The first kappa shape index (κ1) is 17.5. The molecule has 2 saturated heterocycles. The van der Waals surface area contributed by atoms with Crippen LogP contribution in [0.15, 0.2) is 24.5 Å². The van der Waals surface area contributed by atoms with Crippen molar-refractivity contribution in [2.24, 2.45) is 5.92 Å². The number of carbonyl (C=O) groups excluding carboxylic acids is 2. The van der Waals surface area contributed by atoms with Gasteiger partial charge in [-0.2, -0.15) is 0 Å². The first-order chi connectivity index (χ1) is 12.2. The van der Waals surface area contributed by atoms with Gasteiger partial charge in [0.2, 0.25) is 5.91 Å². The average molecular weight is 346 g/mol. The van der Waals surface area contributed by atoms with Crippen LogP contribution in [0, 0.1) is 5.92 Å². The van der Waals surface area contributed by atoms with Gasteiger partial charge in [-0.05, 0) is 31.9 Å². The van der Waals surface area contributed by atoms with E-state index in [9.17, 15) is 9.59 Å². The summed E-state index contributed by atoms with van der Waals surface area (Å²) in [6, 6.07) is 3.99. The summed E-state index contributed by atoms with van der Waals surface area (Å²) in [6.45, 7) is 6.40. The van der Waals surface area contributed by atoms with Crippen LogP contribution in [0.2, 0.25) is 0 Å². The molecule has 2 amide bonds. The normalized spacial score (nSPS) is 21.2. The molecule has 2 fully saturated rings. The summed E-state index contributed by atoms with van der Waals surface area (Å²) in [7, 11) is 0. The number of nitrogens with zero attached hydrogens (tertiary/aromatic N) is 4. The van der Waals surface area contributed by atoms with Gasteiger partial charge in [-0.3, -0.25) is 9.78 Å². The van der Waals surface area contributed by atoms with Crippen LogP contribution in [0.25, 0.3) is 0 Å². The molecule has 0 saturated carbocycles. The zero-order valence-electron chi connectivity index (χ0n) is 14.8. The number of carbonyl (C=O) groups is 2. The molecule has 7 nitrogen and oxygen atoms in total. The molecule has 0 radical (unpaired) electrons. The number of amides is 2. The monoisotopic (exact) mass is 346 g/mol. The maximum absolute atomic E-state index is 12.8. The van der Waals surface area contributed by atoms with E-state index in [2.05, 4.69) is 9.88 Å². The SMILES string of the molecule is CCOC(=O)N1CCCC(C(=O)N2CCN(c3ccncc3)CC2)C1. The molecule has 1 aromatic rings. The second kappa shape index (κ2) is 8.18. The van der Waals surface area contributed by atoms with E-state index < -0.39 is 0 Å². The van der Waals surface area contributed by atoms with Crippen LogP contribution in [0.4, 0.5) is 10.5 Å². The van der Waals surface area contributed by atoms with Crippen LogP contribution >= 0.6 is 0 Å². The van der Waals surface area contributed by atoms with Crippen LogP contribution in [0.5, 0.6) is 0 Å². The number of ether oxygens (including phenoxy) is 1. The number of piperidine rings is 1. The topological polar surface area (TPSA) is 66.0 Å². The zero-order valence-corrected chi connectivity index (χ0v) is 14.8. The Hall–Kier alpha value is -2.31. The molecule has 3 rings (SSSR count). The lowest BCUT2D eigenvalue weighted by Crippen LogP contribution is -2.53. The van der Waals surface area contributed by atoms with E-state index in [1.807, 2.05) is 17.0 Å². The van der Waals surface area contributed by atoms with Crippen LogP contribution < -0.4 is 4.90 Å². The number of likely N-dealkylation sites (tertiary alicyclic amines) is 1. The Morgan fingerprint density at radius 1 is 1.12 bits per heavy atom. The molecule has 0 aliphatic carbocycles. The van der Waals surface area contributed by atoms with E-state index in [0.29, 0.717) is 19.7 Å². The Kier molecular flexibility index (Phi) is 5.73. The minimum atomic E-state index is -0.303. The fourth-order valence-corrected chi connectivity index (χ4v) is 3.56. The third kappa shape index (κ3) is 4.21. The molecule has 136 valence electrons. The third-order valence-electron chi connectivity index (χ3n) is 4.92. The number of hydrogen-bond acceptors (Lipinski definition) is 5. The lowest BCUT2D eigenvalue weighted by atomic mass is 9.96. The summed E-state index contributed by atoms with van der Waals surface area (Å²) in [5.74, 6) is 0.0639. The molecule has 0 aromatic carbocycles. The highest BCUT2D eigenvalue weighted by molar-refractivity contribution is 5.80. The molecular formula is C18H26N4O3. The zero-order chi connectivity index (χ0) is 17.6. The summed E-state index contributed by atoms with van der Waals surface area (Å²) in [4.78, 5) is 34.7. The van der Waals surface area contributed by atoms with Gasteiger partial charge in [-0.25, -0.2) is 4.79 Å². The van der Waals surface area contributed by atoms with Crippen molar-refractivity contribution in [1.29, 1.82) is 0 Å². The Labute approximate surface area is 148 Å². The van der Waals surface area contributed by atoms with Gasteiger partial charge in [0.1, 0.15) is 0 Å². The molecule has 1 aromatic heterocycles. The van der Waals surface area contributed by atoms with Crippen molar-refractivity contribution in [2.75, 3.05) is 50.8 Å². The van der Waals surface area contributed by atoms with E-state index in [1.54, 1.807) is 24.2 Å². The van der Waals surface area contributed by atoms with Gasteiger partial charge < -0.3 is 19.4 Å². The van der Waals surface area contributed by atoms with E-state index >= 15 is 0 Å². The third-order valence-corrected chi connectivity index (χ3v) is 4.92. The van der Waals surface area contributed by atoms with Gasteiger partial charge in [0.15, 0.2) is 0 Å². The van der Waals surface area contributed by atoms with E-state index in [0.717, 1.165) is 44.7 Å². The number of anilines is 1. The van der Waals surface area contributed by atoms with Gasteiger partial charge in [0, 0.05) is 57.3 Å². The smallest absolute Gasteiger partial charge is 0.409 e. The second-order valence-electron chi connectivity index (χ2n) is 6.50. The Morgan fingerprint density at radius 3 is 2.52 bits per heavy atom. The molecule has 2 aliphatic heterocycles. The summed E-state index contributed by atoms with van der Waals surface area (Å²) >= 11 is 0. The summed E-state index contributed by atoms with van der Waals surface area (Å²) in [5, 5.41) is 0. The van der Waals surface area contributed by atoms with Crippen molar-refractivity contribution >= 4 is 17.7 Å². The van der Waals surface area contributed by atoms with Crippen molar-refractivity contribution in [1.82, 2.24) is 14.8 Å². The summed E-state index contributed by atoms with van der Waals surface area (Å²) < 4.78 is 5.07. The first-order valence-corrected chi connectivity index (χ1v) is 9.04. The summed E-state index contributed by atoms with van der Waals surface area (Å²) in [5.41, 5.74) is 1.15. The minimum absolute atomic E-state index is 0.106. The van der Waals surface area contributed by atoms with E-state index in [1.165, 1.54) is 0 Å². The fourth-order valence-electron chi connectivity index (χ4n) is 3.56. The van der Waals surface area contributed by atoms with Gasteiger partial charge in [0.05, 0.1) is 12.5 Å². The Morgan fingerprint density at radius 2 is 1.84 bits per heavy atom. The number of hydrogen-bond donors (Lipinski definition) is 0. The molecule has 1 atom stereocenters. The molecule has 0 spiro atoms. The van der Waals surface area contributed by atoms with Crippen LogP contribution in [-0.2, 0) is 9.53 Å². The van der Waals surface area contributed by atoms with Crippen molar-refractivity contribution in [3.63, 3.8) is 0 Å². The molecule has 7 heteroatoms.